The lowest BCUT2D eigenvalue weighted by Gasteiger charge is -2.20. The van der Waals surface area contributed by atoms with Gasteiger partial charge in [-0.1, -0.05) is 18.2 Å². The molecule has 0 aliphatic rings. The van der Waals surface area contributed by atoms with Crippen LogP contribution in [-0.2, 0) is 14.8 Å². The monoisotopic (exact) mass is 419 g/mol. The molecule has 0 spiro atoms. The van der Waals surface area contributed by atoms with E-state index in [-0.39, 0.29) is 11.5 Å². The summed E-state index contributed by atoms with van der Waals surface area (Å²) >= 11 is 0. The van der Waals surface area contributed by atoms with Crippen molar-refractivity contribution in [3.8, 4) is 0 Å². The average molecular weight is 420 g/mol. The van der Waals surface area contributed by atoms with Gasteiger partial charge in [-0.15, -0.1) is 0 Å². The van der Waals surface area contributed by atoms with E-state index in [1.54, 1.807) is 43.3 Å². The molecule has 29 heavy (non-hydrogen) atoms. The largest absolute Gasteiger partial charge is 0.383 e. The zero-order chi connectivity index (χ0) is 21.6. The molecule has 0 bridgehead atoms. The summed E-state index contributed by atoms with van der Waals surface area (Å²) in [5.74, 6) is -0.787. The lowest BCUT2D eigenvalue weighted by atomic mass is 10.1. The molecule has 0 atom stereocenters. The van der Waals surface area contributed by atoms with Gasteiger partial charge in [0.15, 0.2) is 0 Å². The number of sulfonamides is 1. The number of hydrogen-bond donors (Lipinski definition) is 2. The Balaban J connectivity index is 2.27. The second-order valence-corrected chi connectivity index (χ2v) is 8.49. The van der Waals surface area contributed by atoms with E-state index in [1.165, 1.54) is 20.2 Å². The molecule has 0 aliphatic carbocycles. The summed E-state index contributed by atoms with van der Waals surface area (Å²) in [4.78, 5) is 25.1. The number of carbonyl (C=O) groups excluding carboxylic acids is 2. The zero-order valence-corrected chi connectivity index (χ0v) is 17.7. The van der Waals surface area contributed by atoms with E-state index in [0.717, 1.165) is 10.6 Å². The van der Waals surface area contributed by atoms with Crippen LogP contribution in [0.15, 0.2) is 42.5 Å². The summed E-state index contributed by atoms with van der Waals surface area (Å²) < 4.78 is 29.7. The first-order chi connectivity index (χ1) is 13.6. The Morgan fingerprint density at radius 3 is 2.45 bits per heavy atom. The van der Waals surface area contributed by atoms with Crippen LogP contribution in [0.5, 0.6) is 0 Å². The maximum atomic E-state index is 12.8. The molecular weight excluding hydrogens is 394 g/mol. The predicted octanol–water partition coefficient (Wildman–Crippen LogP) is 2.02. The van der Waals surface area contributed by atoms with Gasteiger partial charge in [0.05, 0.1) is 29.8 Å². The highest BCUT2D eigenvalue weighted by Crippen LogP contribution is 2.24. The highest BCUT2D eigenvalue weighted by Gasteiger charge is 2.18. The first-order valence-electron chi connectivity index (χ1n) is 8.87. The van der Waals surface area contributed by atoms with Crippen molar-refractivity contribution in [2.45, 2.75) is 6.92 Å². The first-order valence-corrected chi connectivity index (χ1v) is 10.7. The number of hydrogen-bond acceptors (Lipinski definition) is 5. The third kappa shape index (κ3) is 5.78. The number of aryl methyl sites for hydroxylation is 1. The van der Waals surface area contributed by atoms with Crippen molar-refractivity contribution < 1.29 is 22.7 Å². The molecule has 8 nitrogen and oxygen atoms in total. The normalized spacial score (nSPS) is 11.0. The van der Waals surface area contributed by atoms with Crippen LogP contribution in [0.1, 0.15) is 26.3 Å². The lowest BCUT2D eigenvalue weighted by Crippen LogP contribution is -2.28. The highest BCUT2D eigenvalue weighted by molar-refractivity contribution is 7.92. The van der Waals surface area contributed by atoms with Gasteiger partial charge >= 0.3 is 0 Å². The van der Waals surface area contributed by atoms with Crippen molar-refractivity contribution in [1.29, 1.82) is 0 Å². The maximum absolute atomic E-state index is 12.8. The number of nitrogens with one attached hydrogen (secondary N) is 2. The molecule has 0 fully saturated rings. The van der Waals surface area contributed by atoms with E-state index in [4.69, 9.17) is 4.74 Å². The number of methoxy groups -OCH3 is 1. The van der Waals surface area contributed by atoms with Crippen molar-refractivity contribution in [3.63, 3.8) is 0 Å². The van der Waals surface area contributed by atoms with Crippen LogP contribution >= 0.6 is 0 Å². The van der Waals surface area contributed by atoms with Crippen LogP contribution in [0, 0.1) is 6.92 Å². The highest BCUT2D eigenvalue weighted by atomic mass is 32.2. The van der Waals surface area contributed by atoms with Crippen LogP contribution in [0.25, 0.3) is 0 Å². The second kappa shape index (κ2) is 9.53. The molecule has 0 aromatic heterocycles. The Kier molecular flexibility index (Phi) is 7.35. The van der Waals surface area contributed by atoms with Crippen molar-refractivity contribution in [2.75, 3.05) is 43.2 Å². The number of ether oxygens (including phenoxy) is 1. The van der Waals surface area contributed by atoms with E-state index in [1.807, 2.05) is 0 Å². The fourth-order valence-electron chi connectivity index (χ4n) is 2.61. The third-order valence-electron chi connectivity index (χ3n) is 4.32. The van der Waals surface area contributed by atoms with Gasteiger partial charge in [0.1, 0.15) is 0 Å². The predicted molar refractivity (Wildman–Crippen MR) is 113 cm³/mol. The van der Waals surface area contributed by atoms with E-state index in [2.05, 4.69) is 10.6 Å². The standard InChI is InChI=1S/C20H25N3O5S/c1-14-9-10-15(13-18(14)23(2)29(4,26)27)19(24)22-17-8-6-5-7-16(17)20(25)21-11-12-28-3/h5-10,13H,11-12H2,1-4H3,(H,21,25)(H,22,24). The maximum Gasteiger partial charge on any atom is 0.255 e. The number of anilines is 2. The Bertz CT molecular complexity index is 1000. The molecule has 2 aromatic carbocycles. The number of rotatable bonds is 8. The fraction of sp³-hybridized carbons (Fsp3) is 0.300. The Morgan fingerprint density at radius 2 is 1.79 bits per heavy atom. The SMILES string of the molecule is COCCNC(=O)c1ccccc1NC(=O)c1ccc(C)c(N(C)S(C)(=O)=O)c1. The van der Waals surface area contributed by atoms with Gasteiger partial charge in [0.2, 0.25) is 10.0 Å². The Morgan fingerprint density at radius 1 is 1.10 bits per heavy atom. The van der Waals surface area contributed by atoms with Crippen LogP contribution in [0.2, 0.25) is 0 Å². The van der Waals surface area contributed by atoms with E-state index in [9.17, 15) is 18.0 Å². The van der Waals surface area contributed by atoms with E-state index < -0.39 is 15.9 Å². The lowest BCUT2D eigenvalue weighted by molar-refractivity contribution is 0.0938. The van der Waals surface area contributed by atoms with Gasteiger partial charge in [0.25, 0.3) is 11.8 Å². The summed E-state index contributed by atoms with van der Waals surface area (Å²) in [5, 5.41) is 5.44. The zero-order valence-electron chi connectivity index (χ0n) is 16.9. The van der Waals surface area contributed by atoms with Crippen LogP contribution in [0.4, 0.5) is 11.4 Å². The van der Waals surface area contributed by atoms with Crippen LogP contribution in [-0.4, -0.2) is 53.8 Å². The summed E-state index contributed by atoms with van der Waals surface area (Å²) in [6, 6.07) is 11.4. The molecule has 0 saturated heterocycles. The van der Waals surface area contributed by atoms with E-state index >= 15 is 0 Å². The summed E-state index contributed by atoms with van der Waals surface area (Å²) in [5.41, 5.74) is 2.07. The van der Waals surface area contributed by atoms with Gasteiger partial charge in [-0.2, -0.15) is 0 Å². The second-order valence-electron chi connectivity index (χ2n) is 6.48. The topological polar surface area (TPSA) is 105 Å². The number of para-hydroxylation sites is 1. The number of benzene rings is 2. The van der Waals surface area contributed by atoms with Crippen molar-refractivity contribution >= 4 is 33.2 Å². The minimum absolute atomic E-state index is 0.274. The summed E-state index contributed by atoms with van der Waals surface area (Å²) in [7, 11) is -0.502. The minimum atomic E-state index is -3.47. The molecule has 2 aromatic rings. The van der Waals surface area contributed by atoms with Crippen molar-refractivity contribution in [3.05, 3.63) is 59.2 Å². The summed E-state index contributed by atoms with van der Waals surface area (Å²) in [6.07, 6.45) is 1.09. The Labute approximate surface area is 170 Å². The number of carbonyl (C=O) groups is 2. The van der Waals surface area contributed by atoms with Crippen LogP contribution in [0.3, 0.4) is 0 Å². The van der Waals surface area contributed by atoms with E-state index in [0.29, 0.717) is 35.7 Å². The molecular formula is C20H25N3O5S. The molecule has 2 N–H and O–H groups in total. The molecule has 0 aliphatic heterocycles. The van der Waals surface area contributed by atoms with Gasteiger partial charge in [-0.3, -0.25) is 13.9 Å². The fourth-order valence-corrected chi connectivity index (χ4v) is 3.17. The van der Waals surface area contributed by atoms with Crippen LogP contribution < -0.4 is 14.9 Å². The number of amides is 2. The molecule has 0 heterocycles. The quantitative estimate of drug-likeness (QED) is 0.637. The van der Waals surface area contributed by atoms with Gasteiger partial charge in [-0.25, -0.2) is 8.42 Å². The molecule has 9 heteroatoms. The van der Waals surface area contributed by atoms with Gasteiger partial charge in [0, 0.05) is 26.3 Å². The Hall–Kier alpha value is -2.91. The smallest absolute Gasteiger partial charge is 0.255 e. The van der Waals surface area contributed by atoms with Gasteiger partial charge < -0.3 is 15.4 Å². The third-order valence-corrected chi connectivity index (χ3v) is 5.51. The molecule has 2 rings (SSSR count). The van der Waals surface area contributed by atoms with Crippen molar-refractivity contribution in [1.82, 2.24) is 5.32 Å². The summed E-state index contributed by atoms with van der Waals surface area (Å²) in [6.45, 7) is 2.48. The molecule has 156 valence electrons. The molecule has 2 amide bonds. The molecule has 0 radical (unpaired) electrons. The van der Waals surface area contributed by atoms with Gasteiger partial charge in [-0.05, 0) is 36.8 Å². The molecule has 0 unspecified atom stereocenters. The number of nitrogens with zero attached hydrogens (tertiary/aromatic N) is 1. The molecule has 0 saturated carbocycles. The first kappa shape index (κ1) is 22.4. The van der Waals surface area contributed by atoms with Crippen molar-refractivity contribution in [2.24, 2.45) is 0 Å². The average Bonchev–Trinajstić information content (AvgIpc) is 2.67. The minimum Gasteiger partial charge on any atom is -0.383 e.